The summed E-state index contributed by atoms with van der Waals surface area (Å²) >= 11 is 0. The molecule has 0 aliphatic rings. The van der Waals surface area contributed by atoms with Crippen LogP contribution in [0.15, 0.2) is 11.6 Å². The van der Waals surface area contributed by atoms with Crippen molar-refractivity contribution in [3.05, 3.63) is 11.6 Å². The Balaban J connectivity index is 4.56. The third-order valence-electron chi connectivity index (χ3n) is 2.97. The molecule has 0 fully saturated rings. The first kappa shape index (κ1) is 23.1. The molecule has 0 heterocycles. The fourth-order valence-corrected chi connectivity index (χ4v) is 1.73. The van der Waals surface area contributed by atoms with Crippen molar-refractivity contribution < 1.29 is 33.7 Å². The molecule has 0 bridgehead atoms. The standard InChI is InChI=1S/C17H29NO7/c1-12(2)23-8-6-18(7-9-24-13(3)4)15(19)11-25-17(22)14(5)10-16(20)21/h10,12-13H,6-9,11H2,1-5H3,(H,20,21)/b14-10+. The van der Waals surface area contributed by atoms with E-state index in [0.717, 1.165) is 6.08 Å². The molecule has 0 saturated heterocycles. The van der Waals surface area contributed by atoms with Gasteiger partial charge in [0.05, 0.1) is 25.4 Å². The lowest BCUT2D eigenvalue weighted by atomic mass is 10.3. The Kier molecular flexibility index (Phi) is 11.5. The lowest BCUT2D eigenvalue weighted by Gasteiger charge is -2.23. The quantitative estimate of drug-likeness (QED) is 0.413. The van der Waals surface area contributed by atoms with Crippen LogP contribution in [0.2, 0.25) is 0 Å². The number of carboxylic acid groups (broad SMARTS) is 1. The van der Waals surface area contributed by atoms with Crippen LogP contribution in [0.1, 0.15) is 34.6 Å². The van der Waals surface area contributed by atoms with E-state index in [2.05, 4.69) is 0 Å². The van der Waals surface area contributed by atoms with Crippen molar-refractivity contribution >= 4 is 17.8 Å². The largest absolute Gasteiger partial charge is 0.478 e. The normalized spacial score (nSPS) is 11.7. The van der Waals surface area contributed by atoms with Gasteiger partial charge in [-0.3, -0.25) is 4.79 Å². The number of hydrogen-bond donors (Lipinski definition) is 1. The Hall–Kier alpha value is -1.93. The average molecular weight is 359 g/mol. The lowest BCUT2D eigenvalue weighted by Crippen LogP contribution is -2.40. The van der Waals surface area contributed by atoms with Crippen molar-refractivity contribution in [2.45, 2.75) is 46.8 Å². The fourth-order valence-electron chi connectivity index (χ4n) is 1.73. The first-order valence-electron chi connectivity index (χ1n) is 8.22. The van der Waals surface area contributed by atoms with E-state index in [1.54, 1.807) is 0 Å². The molecule has 0 saturated carbocycles. The molecule has 0 radical (unpaired) electrons. The number of nitrogens with zero attached hydrogens (tertiary/aromatic N) is 1. The van der Waals surface area contributed by atoms with Crippen LogP contribution in [0.3, 0.4) is 0 Å². The third kappa shape index (κ3) is 12.1. The minimum absolute atomic E-state index is 0.0468. The summed E-state index contributed by atoms with van der Waals surface area (Å²) in [6.07, 6.45) is 0.827. The number of carbonyl (C=O) groups is 3. The Morgan fingerprint density at radius 2 is 1.48 bits per heavy atom. The van der Waals surface area contributed by atoms with E-state index in [9.17, 15) is 14.4 Å². The van der Waals surface area contributed by atoms with Gasteiger partial charge in [-0.15, -0.1) is 0 Å². The zero-order chi connectivity index (χ0) is 19.4. The summed E-state index contributed by atoms with van der Waals surface area (Å²) < 4.78 is 15.7. The van der Waals surface area contributed by atoms with Crippen molar-refractivity contribution in [1.29, 1.82) is 0 Å². The molecule has 1 N–H and O–H groups in total. The van der Waals surface area contributed by atoms with Crippen LogP contribution in [-0.4, -0.2) is 73.0 Å². The Morgan fingerprint density at radius 1 is 1.00 bits per heavy atom. The van der Waals surface area contributed by atoms with Crippen molar-refractivity contribution in [3.8, 4) is 0 Å². The average Bonchev–Trinajstić information content (AvgIpc) is 2.49. The van der Waals surface area contributed by atoms with Crippen LogP contribution in [0.5, 0.6) is 0 Å². The highest BCUT2D eigenvalue weighted by Crippen LogP contribution is 2.00. The van der Waals surface area contributed by atoms with Crippen LogP contribution in [-0.2, 0) is 28.6 Å². The molecule has 0 unspecified atom stereocenters. The summed E-state index contributed by atoms with van der Waals surface area (Å²) in [7, 11) is 0. The van der Waals surface area contributed by atoms with Crippen LogP contribution in [0.25, 0.3) is 0 Å². The van der Waals surface area contributed by atoms with E-state index in [-0.39, 0.29) is 17.8 Å². The Bertz CT molecular complexity index is 458. The van der Waals surface area contributed by atoms with Crippen LogP contribution < -0.4 is 0 Å². The molecule has 0 aliphatic carbocycles. The van der Waals surface area contributed by atoms with Gasteiger partial charge in [-0.05, 0) is 34.6 Å². The van der Waals surface area contributed by atoms with Crippen molar-refractivity contribution in [3.63, 3.8) is 0 Å². The monoisotopic (exact) mass is 359 g/mol. The number of carboxylic acids is 1. The minimum atomic E-state index is -1.25. The molecular weight excluding hydrogens is 330 g/mol. The summed E-state index contributed by atoms with van der Waals surface area (Å²) in [4.78, 5) is 35.9. The topological polar surface area (TPSA) is 102 Å². The van der Waals surface area contributed by atoms with E-state index < -0.39 is 24.5 Å². The highest BCUT2D eigenvalue weighted by atomic mass is 16.5. The number of aliphatic carboxylic acids is 1. The Labute approximate surface area is 148 Å². The first-order chi connectivity index (χ1) is 11.6. The lowest BCUT2D eigenvalue weighted by molar-refractivity contribution is -0.150. The molecule has 0 spiro atoms. The summed E-state index contributed by atoms with van der Waals surface area (Å²) in [5.74, 6) is -2.48. The predicted octanol–water partition coefficient (Wildman–Crippen LogP) is 1.24. The third-order valence-corrected chi connectivity index (χ3v) is 2.97. The van der Waals surface area contributed by atoms with Gasteiger partial charge in [0.25, 0.3) is 5.91 Å². The number of carbonyl (C=O) groups excluding carboxylic acids is 2. The van der Waals surface area contributed by atoms with Gasteiger partial charge in [-0.2, -0.15) is 0 Å². The van der Waals surface area contributed by atoms with E-state index in [4.69, 9.17) is 19.3 Å². The second kappa shape index (κ2) is 12.4. The van der Waals surface area contributed by atoms with Gasteiger partial charge in [-0.1, -0.05) is 0 Å². The van der Waals surface area contributed by atoms with Crippen molar-refractivity contribution in [1.82, 2.24) is 4.90 Å². The van der Waals surface area contributed by atoms with Gasteiger partial charge in [0, 0.05) is 24.7 Å². The zero-order valence-corrected chi connectivity index (χ0v) is 15.6. The number of hydrogen-bond acceptors (Lipinski definition) is 6. The zero-order valence-electron chi connectivity index (χ0n) is 15.6. The molecule has 1 amide bonds. The highest BCUT2D eigenvalue weighted by Gasteiger charge is 2.17. The summed E-state index contributed by atoms with van der Waals surface area (Å²) in [5, 5.41) is 8.60. The second-order valence-electron chi connectivity index (χ2n) is 5.96. The maximum atomic E-state index is 12.2. The molecule has 0 aromatic heterocycles. The summed E-state index contributed by atoms with van der Waals surface area (Å²) in [6, 6.07) is 0. The van der Waals surface area contributed by atoms with Crippen LogP contribution >= 0.6 is 0 Å². The molecule has 8 heteroatoms. The van der Waals surface area contributed by atoms with Gasteiger partial charge in [0.2, 0.25) is 0 Å². The number of ether oxygens (including phenoxy) is 3. The van der Waals surface area contributed by atoms with Gasteiger partial charge >= 0.3 is 11.9 Å². The second-order valence-corrected chi connectivity index (χ2v) is 5.96. The summed E-state index contributed by atoms with van der Waals surface area (Å²) in [6.45, 7) is 9.84. The predicted molar refractivity (Wildman–Crippen MR) is 91.1 cm³/mol. The van der Waals surface area contributed by atoms with Crippen LogP contribution in [0.4, 0.5) is 0 Å². The smallest absolute Gasteiger partial charge is 0.334 e. The molecule has 0 atom stereocenters. The SMILES string of the molecule is C/C(=C\C(=O)O)C(=O)OCC(=O)N(CCOC(C)C)CCOC(C)C. The van der Waals surface area contributed by atoms with E-state index in [1.807, 2.05) is 27.7 Å². The molecule has 0 rings (SSSR count). The van der Waals surface area contributed by atoms with Crippen LogP contribution in [0, 0.1) is 0 Å². The number of rotatable bonds is 12. The molecule has 8 nitrogen and oxygen atoms in total. The molecular formula is C17H29NO7. The maximum Gasteiger partial charge on any atom is 0.334 e. The first-order valence-corrected chi connectivity index (χ1v) is 8.22. The van der Waals surface area contributed by atoms with E-state index in [1.165, 1.54) is 11.8 Å². The van der Waals surface area contributed by atoms with E-state index >= 15 is 0 Å². The molecule has 0 aliphatic heterocycles. The van der Waals surface area contributed by atoms with Gasteiger partial charge in [0.1, 0.15) is 0 Å². The summed E-state index contributed by atoms with van der Waals surface area (Å²) in [5.41, 5.74) is -0.0851. The van der Waals surface area contributed by atoms with Gasteiger partial charge in [-0.25, -0.2) is 9.59 Å². The van der Waals surface area contributed by atoms with Gasteiger partial charge in [0.15, 0.2) is 6.61 Å². The minimum Gasteiger partial charge on any atom is -0.478 e. The number of esters is 1. The fraction of sp³-hybridized carbons (Fsp3) is 0.706. The van der Waals surface area contributed by atoms with E-state index in [0.29, 0.717) is 26.3 Å². The Morgan fingerprint density at radius 3 is 1.88 bits per heavy atom. The molecule has 144 valence electrons. The number of amides is 1. The molecule has 0 aromatic carbocycles. The van der Waals surface area contributed by atoms with Gasteiger partial charge < -0.3 is 24.2 Å². The molecule has 0 aromatic rings. The van der Waals surface area contributed by atoms with Crippen molar-refractivity contribution in [2.24, 2.45) is 0 Å². The highest BCUT2D eigenvalue weighted by molar-refractivity contribution is 5.96. The van der Waals surface area contributed by atoms with Crippen molar-refractivity contribution in [2.75, 3.05) is 32.9 Å². The molecule has 25 heavy (non-hydrogen) atoms. The maximum absolute atomic E-state index is 12.2.